The van der Waals surface area contributed by atoms with E-state index in [-0.39, 0.29) is 4.90 Å². The van der Waals surface area contributed by atoms with E-state index in [2.05, 4.69) is 4.90 Å². The standard InChI is InChI=1S/C22H24ClN3O4S2/c1-29-19-6-7-21(30-2)16(13-19)12-18-15-31-22(24-18)25-8-10-26(11-9-25)32(27,28)20-5-3-4-17(23)14-20/h3-7,13-15H,8-12H2,1-2H3. The number of piperazine rings is 1. The van der Waals surface area contributed by atoms with Crippen molar-refractivity contribution in [1.82, 2.24) is 9.29 Å². The maximum absolute atomic E-state index is 12.9. The molecule has 1 aliphatic rings. The van der Waals surface area contributed by atoms with Crippen LogP contribution in [0.4, 0.5) is 5.13 Å². The molecule has 0 saturated carbocycles. The highest BCUT2D eigenvalue weighted by Gasteiger charge is 2.29. The van der Waals surface area contributed by atoms with E-state index in [0.717, 1.165) is 27.9 Å². The molecule has 1 saturated heterocycles. The van der Waals surface area contributed by atoms with Crippen LogP contribution in [0.15, 0.2) is 52.7 Å². The van der Waals surface area contributed by atoms with Crippen molar-refractivity contribution in [2.75, 3.05) is 45.3 Å². The highest BCUT2D eigenvalue weighted by Crippen LogP contribution is 2.29. The molecule has 0 spiro atoms. The van der Waals surface area contributed by atoms with Crippen LogP contribution in [0.1, 0.15) is 11.3 Å². The molecule has 0 aliphatic carbocycles. The Kier molecular flexibility index (Phi) is 6.90. The van der Waals surface area contributed by atoms with Gasteiger partial charge in [-0.1, -0.05) is 17.7 Å². The first-order valence-electron chi connectivity index (χ1n) is 10.1. The largest absolute Gasteiger partial charge is 0.497 e. The number of methoxy groups -OCH3 is 2. The molecule has 1 aliphatic heterocycles. The number of nitrogens with zero attached hydrogens (tertiary/aromatic N) is 3. The summed E-state index contributed by atoms with van der Waals surface area (Å²) in [7, 11) is -0.275. The van der Waals surface area contributed by atoms with Crippen LogP contribution in [0.2, 0.25) is 5.02 Å². The molecule has 10 heteroatoms. The smallest absolute Gasteiger partial charge is 0.243 e. The van der Waals surface area contributed by atoms with Gasteiger partial charge in [-0.2, -0.15) is 4.31 Å². The average molecular weight is 494 g/mol. The highest BCUT2D eigenvalue weighted by molar-refractivity contribution is 7.89. The number of benzene rings is 2. The van der Waals surface area contributed by atoms with Crippen molar-refractivity contribution in [3.8, 4) is 11.5 Å². The van der Waals surface area contributed by atoms with E-state index in [9.17, 15) is 8.42 Å². The van der Waals surface area contributed by atoms with Crippen LogP contribution >= 0.6 is 22.9 Å². The Labute approximate surface area is 197 Å². The summed E-state index contributed by atoms with van der Waals surface area (Å²) in [5.74, 6) is 1.56. The van der Waals surface area contributed by atoms with E-state index in [1.807, 2.05) is 23.6 Å². The number of hydrogen-bond donors (Lipinski definition) is 0. The van der Waals surface area contributed by atoms with Crippen LogP contribution in [0.25, 0.3) is 0 Å². The molecule has 0 N–H and O–H groups in total. The minimum atomic E-state index is -3.56. The number of sulfonamides is 1. The lowest BCUT2D eigenvalue weighted by Crippen LogP contribution is -2.48. The SMILES string of the molecule is COc1ccc(OC)c(Cc2csc(N3CCN(S(=O)(=O)c4cccc(Cl)c4)CC3)n2)c1. The number of halogens is 1. The summed E-state index contributed by atoms with van der Waals surface area (Å²) in [4.78, 5) is 7.13. The van der Waals surface area contributed by atoms with Crippen LogP contribution < -0.4 is 14.4 Å². The molecule has 1 fully saturated rings. The van der Waals surface area contributed by atoms with Crippen molar-refractivity contribution in [3.05, 3.63) is 64.1 Å². The molecule has 1 aromatic heterocycles. The first-order chi connectivity index (χ1) is 15.4. The van der Waals surface area contributed by atoms with Crippen molar-refractivity contribution >= 4 is 38.1 Å². The fourth-order valence-electron chi connectivity index (χ4n) is 3.63. The van der Waals surface area contributed by atoms with E-state index in [1.54, 1.807) is 43.8 Å². The first-order valence-corrected chi connectivity index (χ1v) is 12.8. The van der Waals surface area contributed by atoms with Crippen molar-refractivity contribution in [2.45, 2.75) is 11.3 Å². The van der Waals surface area contributed by atoms with Crippen LogP contribution in [0.3, 0.4) is 0 Å². The Balaban J connectivity index is 1.42. The lowest BCUT2D eigenvalue weighted by Gasteiger charge is -2.33. The number of anilines is 1. The van der Waals surface area contributed by atoms with Crippen LogP contribution in [0, 0.1) is 0 Å². The zero-order valence-corrected chi connectivity index (χ0v) is 20.2. The molecule has 0 bridgehead atoms. The summed E-state index contributed by atoms with van der Waals surface area (Å²) in [5, 5.41) is 3.33. The van der Waals surface area contributed by atoms with E-state index in [4.69, 9.17) is 26.1 Å². The van der Waals surface area contributed by atoms with Gasteiger partial charge < -0.3 is 14.4 Å². The van der Waals surface area contributed by atoms with Gasteiger partial charge in [-0.05, 0) is 36.4 Å². The van der Waals surface area contributed by atoms with Gasteiger partial charge in [0.15, 0.2) is 5.13 Å². The molecular formula is C22H24ClN3O4S2. The summed E-state index contributed by atoms with van der Waals surface area (Å²) < 4.78 is 38.1. The van der Waals surface area contributed by atoms with Gasteiger partial charge in [0.1, 0.15) is 11.5 Å². The van der Waals surface area contributed by atoms with E-state index >= 15 is 0 Å². The normalized spacial score (nSPS) is 15.0. The van der Waals surface area contributed by atoms with Gasteiger partial charge in [0.2, 0.25) is 10.0 Å². The van der Waals surface area contributed by atoms with Crippen molar-refractivity contribution in [1.29, 1.82) is 0 Å². The zero-order chi connectivity index (χ0) is 22.7. The van der Waals surface area contributed by atoms with Crippen molar-refractivity contribution in [2.24, 2.45) is 0 Å². The van der Waals surface area contributed by atoms with E-state index in [1.165, 1.54) is 10.4 Å². The summed E-state index contributed by atoms with van der Waals surface area (Å²) >= 11 is 7.54. The fraction of sp³-hybridized carbons (Fsp3) is 0.318. The molecule has 170 valence electrons. The van der Waals surface area contributed by atoms with Gasteiger partial charge in [-0.15, -0.1) is 11.3 Å². The Hall–Kier alpha value is -2.33. The van der Waals surface area contributed by atoms with Gasteiger partial charge in [-0.3, -0.25) is 0 Å². The predicted octanol–water partition coefficient (Wildman–Crippen LogP) is 3.92. The zero-order valence-electron chi connectivity index (χ0n) is 17.8. The van der Waals surface area contributed by atoms with Crippen LogP contribution in [-0.4, -0.2) is 58.1 Å². The molecule has 32 heavy (non-hydrogen) atoms. The second-order valence-electron chi connectivity index (χ2n) is 7.32. The minimum Gasteiger partial charge on any atom is -0.497 e. The third-order valence-corrected chi connectivity index (χ3v) is 8.42. The molecule has 0 radical (unpaired) electrons. The highest BCUT2D eigenvalue weighted by atomic mass is 35.5. The van der Waals surface area contributed by atoms with E-state index in [0.29, 0.717) is 37.6 Å². The van der Waals surface area contributed by atoms with Gasteiger partial charge in [0, 0.05) is 48.6 Å². The molecule has 3 aromatic rings. The van der Waals surface area contributed by atoms with Crippen LogP contribution in [0.5, 0.6) is 11.5 Å². The molecule has 0 unspecified atom stereocenters. The fourth-order valence-corrected chi connectivity index (χ4v) is 6.24. The van der Waals surface area contributed by atoms with Gasteiger partial charge in [-0.25, -0.2) is 13.4 Å². The number of aromatic nitrogens is 1. The Morgan fingerprint density at radius 1 is 1.06 bits per heavy atom. The Morgan fingerprint density at radius 2 is 1.84 bits per heavy atom. The summed E-state index contributed by atoms with van der Waals surface area (Å²) in [6.45, 7) is 1.95. The number of hydrogen-bond acceptors (Lipinski definition) is 7. The Morgan fingerprint density at radius 3 is 2.53 bits per heavy atom. The van der Waals surface area contributed by atoms with Gasteiger partial charge in [0.25, 0.3) is 0 Å². The van der Waals surface area contributed by atoms with E-state index < -0.39 is 10.0 Å². The first kappa shape index (κ1) is 22.8. The lowest BCUT2D eigenvalue weighted by molar-refractivity contribution is 0.384. The second kappa shape index (κ2) is 9.66. The second-order valence-corrected chi connectivity index (χ2v) is 10.5. The summed E-state index contributed by atoms with van der Waals surface area (Å²) in [6, 6.07) is 12.1. The third kappa shape index (κ3) is 4.85. The third-order valence-electron chi connectivity index (χ3n) is 5.34. The quantitative estimate of drug-likeness (QED) is 0.497. The molecule has 2 aromatic carbocycles. The molecule has 2 heterocycles. The number of rotatable bonds is 7. The van der Waals surface area contributed by atoms with Crippen LogP contribution in [-0.2, 0) is 16.4 Å². The molecule has 7 nitrogen and oxygen atoms in total. The molecule has 4 rings (SSSR count). The van der Waals surface area contributed by atoms with Crippen molar-refractivity contribution < 1.29 is 17.9 Å². The number of ether oxygens (including phenoxy) is 2. The topological polar surface area (TPSA) is 72.0 Å². The average Bonchev–Trinajstić information content (AvgIpc) is 3.27. The van der Waals surface area contributed by atoms with Gasteiger partial charge in [0.05, 0.1) is 24.8 Å². The summed E-state index contributed by atoms with van der Waals surface area (Å²) in [5.41, 5.74) is 1.94. The molecule has 0 atom stereocenters. The summed E-state index contributed by atoms with van der Waals surface area (Å²) in [6.07, 6.45) is 0.625. The monoisotopic (exact) mass is 493 g/mol. The molecule has 0 amide bonds. The Bertz CT molecular complexity index is 1190. The van der Waals surface area contributed by atoms with Crippen molar-refractivity contribution in [3.63, 3.8) is 0 Å². The maximum Gasteiger partial charge on any atom is 0.243 e. The predicted molar refractivity (Wildman–Crippen MR) is 127 cm³/mol. The lowest BCUT2D eigenvalue weighted by atomic mass is 10.1. The maximum atomic E-state index is 12.9. The van der Waals surface area contributed by atoms with Gasteiger partial charge >= 0.3 is 0 Å². The minimum absolute atomic E-state index is 0.224. The number of thiazole rings is 1. The molecular weight excluding hydrogens is 470 g/mol.